The fourth-order valence-corrected chi connectivity index (χ4v) is 5.44. The average molecular weight is 585 g/mol. The summed E-state index contributed by atoms with van der Waals surface area (Å²) in [4.78, 5) is 32.5. The first-order chi connectivity index (χ1) is 16.2. The van der Waals surface area contributed by atoms with Crippen LogP contribution in [0.25, 0.3) is 5.57 Å². The summed E-state index contributed by atoms with van der Waals surface area (Å²) in [5, 5.41) is 2.91. The summed E-state index contributed by atoms with van der Waals surface area (Å²) in [7, 11) is 2.01. The van der Waals surface area contributed by atoms with E-state index in [9.17, 15) is 9.59 Å². The Kier molecular flexibility index (Phi) is 8.21. The van der Waals surface area contributed by atoms with Crippen molar-refractivity contribution < 1.29 is 19.1 Å². The topological polar surface area (TPSA) is 111 Å². The molecule has 0 bridgehead atoms. The number of aromatic nitrogens is 1. The molecule has 3 N–H and O–H groups in total. The maximum Gasteiger partial charge on any atom is 0.296 e. The van der Waals surface area contributed by atoms with E-state index in [1.54, 1.807) is 4.90 Å². The van der Waals surface area contributed by atoms with E-state index in [1.807, 2.05) is 38.3 Å². The number of nitrogens with one attached hydrogen (secondary N) is 1. The maximum absolute atomic E-state index is 14.2. The van der Waals surface area contributed by atoms with E-state index >= 15 is 0 Å². The van der Waals surface area contributed by atoms with Gasteiger partial charge in [-0.3, -0.25) is 9.59 Å². The van der Waals surface area contributed by atoms with Gasteiger partial charge in [0.25, 0.3) is 11.8 Å². The molecule has 2 unspecified atom stereocenters. The van der Waals surface area contributed by atoms with Gasteiger partial charge in [-0.25, -0.2) is 0 Å². The number of guanidine groups is 1. The number of rotatable bonds is 8. The minimum Gasteiger partial charge on any atom is -0.369 e. The second-order valence-corrected chi connectivity index (χ2v) is 15.6. The van der Waals surface area contributed by atoms with Crippen LogP contribution in [0.2, 0.25) is 11.1 Å². The van der Waals surface area contributed by atoms with Gasteiger partial charge in [0.2, 0.25) is 5.96 Å². The molecule has 1 aromatic heterocycles. The van der Waals surface area contributed by atoms with Crippen LogP contribution in [-0.4, -0.2) is 73.2 Å². The monoisotopic (exact) mass is 583 g/mol. The van der Waals surface area contributed by atoms with Crippen molar-refractivity contribution in [3.05, 3.63) is 27.6 Å². The number of nitrogens with zero attached hydrogens (tertiary/aromatic N) is 3. The zero-order chi connectivity index (χ0) is 26.3. The number of nitrogens with two attached hydrogens (primary N) is 1. The van der Waals surface area contributed by atoms with Gasteiger partial charge in [0.1, 0.15) is 22.8 Å². The molecule has 194 valence electrons. The van der Waals surface area contributed by atoms with E-state index in [1.165, 1.54) is 0 Å². The smallest absolute Gasteiger partial charge is 0.296 e. The van der Waals surface area contributed by atoms with Crippen LogP contribution in [0.15, 0.2) is 21.4 Å². The van der Waals surface area contributed by atoms with E-state index < -0.39 is 17.4 Å². The summed E-state index contributed by atoms with van der Waals surface area (Å²) in [6, 6.07) is 1.88. The van der Waals surface area contributed by atoms with Crippen molar-refractivity contribution in [2.24, 2.45) is 10.7 Å². The van der Waals surface area contributed by atoms with Gasteiger partial charge in [0.15, 0.2) is 0 Å². The van der Waals surface area contributed by atoms with Crippen LogP contribution in [0.4, 0.5) is 0 Å². The van der Waals surface area contributed by atoms with Gasteiger partial charge in [0, 0.05) is 45.8 Å². The summed E-state index contributed by atoms with van der Waals surface area (Å²) < 4.78 is 15.1. The molecule has 2 atom stereocenters. The molecule has 2 amide bonds. The van der Waals surface area contributed by atoms with Crippen LogP contribution in [0.5, 0.6) is 0 Å². The molecule has 0 saturated carbocycles. The van der Waals surface area contributed by atoms with Crippen LogP contribution in [-0.2, 0) is 20.0 Å². The third kappa shape index (κ3) is 5.82. The second kappa shape index (κ2) is 10.3. The standard InChI is InChI=1S/C23H38BrN5O4Si2/c1-12(34)10-32-22(3,4)28-8-7-14(17-19(30)27-21(25)26-17)15-9-16(24)29(18(15)20(28)31)23(5,6)33-11-13(2)35/h9,12-13H,7-8,10-11H2,1-6,34-35H3,(H3,25,26,27,30). The molecule has 3 rings (SSSR count). The number of amides is 2. The molecule has 3 heterocycles. The summed E-state index contributed by atoms with van der Waals surface area (Å²) >= 11 is 3.67. The van der Waals surface area contributed by atoms with Gasteiger partial charge in [-0.2, -0.15) is 4.99 Å². The molecule has 12 heteroatoms. The highest BCUT2D eigenvalue weighted by atomic mass is 79.9. The number of hydrogen-bond acceptors (Lipinski definition) is 6. The van der Waals surface area contributed by atoms with Gasteiger partial charge >= 0.3 is 0 Å². The van der Waals surface area contributed by atoms with Crippen LogP contribution in [0.1, 0.15) is 64.0 Å². The van der Waals surface area contributed by atoms with Crippen molar-refractivity contribution in [3.8, 4) is 0 Å². The molecule has 2 aliphatic heterocycles. The number of fused-ring (bicyclic) bond motifs is 1. The minimum atomic E-state index is -0.841. The first-order valence-corrected chi connectivity index (χ1v) is 15.2. The quantitative estimate of drug-likeness (QED) is 0.349. The van der Waals surface area contributed by atoms with Crippen molar-refractivity contribution in [1.82, 2.24) is 14.8 Å². The molecular weight excluding hydrogens is 546 g/mol. The highest BCUT2D eigenvalue weighted by molar-refractivity contribution is 9.10. The molecule has 0 radical (unpaired) electrons. The Morgan fingerprint density at radius 3 is 2.23 bits per heavy atom. The average Bonchev–Trinajstić information content (AvgIpc) is 3.22. The molecule has 1 aromatic rings. The largest absolute Gasteiger partial charge is 0.369 e. The van der Waals surface area contributed by atoms with Crippen LogP contribution < -0.4 is 11.1 Å². The molecular formula is C23H38BrN5O4Si2. The predicted octanol–water partition coefficient (Wildman–Crippen LogP) is 1.06. The summed E-state index contributed by atoms with van der Waals surface area (Å²) in [5.74, 6) is -0.560. The fourth-order valence-electron chi connectivity index (χ4n) is 4.27. The molecule has 35 heavy (non-hydrogen) atoms. The maximum atomic E-state index is 14.2. The lowest BCUT2D eigenvalue weighted by Crippen LogP contribution is -2.51. The molecule has 0 aliphatic carbocycles. The Balaban J connectivity index is 2.20. The highest BCUT2D eigenvalue weighted by Crippen LogP contribution is 2.40. The normalized spacial score (nSPS) is 21.1. The SMILES string of the molecule is CC([SiH3])COC(C)(C)N1CCC(=C2NC(N)=NC2=O)c2cc(Br)n(C(C)(C)OCC(C)[SiH3])c2C1=O. The number of carbonyl (C=O) groups is 2. The summed E-state index contributed by atoms with van der Waals surface area (Å²) in [6.45, 7) is 13.5. The van der Waals surface area contributed by atoms with Gasteiger partial charge in [0.05, 0.1) is 4.60 Å². The van der Waals surface area contributed by atoms with Gasteiger partial charge in [-0.1, -0.05) is 13.8 Å². The van der Waals surface area contributed by atoms with Gasteiger partial charge < -0.3 is 30.0 Å². The summed E-state index contributed by atoms with van der Waals surface area (Å²) in [5.41, 5.74) is 7.17. The third-order valence-electron chi connectivity index (χ3n) is 6.03. The third-order valence-corrected chi connectivity index (χ3v) is 7.28. The van der Waals surface area contributed by atoms with Crippen molar-refractivity contribution in [1.29, 1.82) is 0 Å². The first kappa shape index (κ1) is 27.8. The lowest BCUT2D eigenvalue weighted by molar-refractivity contribution is -0.114. The zero-order valence-electron chi connectivity index (χ0n) is 22.0. The molecule has 0 saturated heterocycles. The van der Waals surface area contributed by atoms with Gasteiger partial charge in [-0.05, 0) is 72.8 Å². The minimum absolute atomic E-state index is 0.0551. The van der Waals surface area contributed by atoms with Crippen molar-refractivity contribution in [2.45, 2.75) is 70.5 Å². The zero-order valence-corrected chi connectivity index (χ0v) is 27.6. The number of aliphatic imine (C=N–C) groups is 1. The molecule has 0 aromatic carbocycles. The Bertz CT molecular complexity index is 1080. The Labute approximate surface area is 221 Å². The fraction of sp³-hybridized carbons (Fsp3) is 0.609. The van der Waals surface area contributed by atoms with E-state index in [4.69, 9.17) is 15.2 Å². The Morgan fingerprint density at radius 1 is 1.14 bits per heavy atom. The van der Waals surface area contributed by atoms with E-state index in [2.05, 4.69) is 40.1 Å². The second-order valence-electron chi connectivity index (χ2n) is 10.9. The number of hydrogen-bond donors (Lipinski definition) is 2. The van der Waals surface area contributed by atoms with Gasteiger partial charge in [-0.15, -0.1) is 0 Å². The molecule has 2 aliphatic rings. The Morgan fingerprint density at radius 2 is 1.71 bits per heavy atom. The number of carbonyl (C=O) groups excluding carboxylic acids is 2. The predicted molar refractivity (Wildman–Crippen MR) is 149 cm³/mol. The highest BCUT2D eigenvalue weighted by Gasteiger charge is 2.42. The Hall–Kier alpha value is -1.74. The first-order valence-electron chi connectivity index (χ1n) is 12.1. The van der Waals surface area contributed by atoms with E-state index in [-0.39, 0.29) is 11.9 Å². The van der Waals surface area contributed by atoms with Crippen molar-refractivity contribution in [2.75, 3.05) is 19.8 Å². The van der Waals surface area contributed by atoms with E-state index in [0.29, 0.717) is 64.4 Å². The van der Waals surface area contributed by atoms with Crippen LogP contribution in [0, 0.1) is 0 Å². The van der Waals surface area contributed by atoms with Crippen molar-refractivity contribution >= 4 is 59.8 Å². The number of halogens is 1. The lowest BCUT2D eigenvalue weighted by atomic mass is 10.0. The molecule has 0 fully saturated rings. The van der Waals surface area contributed by atoms with E-state index in [0.717, 1.165) is 20.5 Å². The molecule has 0 spiro atoms. The number of ether oxygens (including phenoxy) is 2. The lowest BCUT2D eigenvalue weighted by Gasteiger charge is -2.39. The van der Waals surface area contributed by atoms with Crippen molar-refractivity contribution in [3.63, 3.8) is 0 Å². The van der Waals surface area contributed by atoms with Crippen LogP contribution in [0.3, 0.4) is 0 Å². The van der Waals surface area contributed by atoms with Crippen LogP contribution >= 0.6 is 15.9 Å². The molecule has 9 nitrogen and oxygen atoms in total. The summed E-state index contributed by atoms with van der Waals surface area (Å²) in [6.07, 6.45) is 0.439.